The van der Waals surface area contributed by atoms with E-state index in [4.69, 9.17) is 4.74 Å². The van der Waals surface area contributed by atoms with Crippen molar-refractivity contribution in [3.63, 3.8) is 0 Å². The number of aromatic amines is 1. The first kappa shape index (κ1) is 16.0. The highest BCUT2D eigenvalue weighted by atomic mass is 16.5. The second kappa shape index (κ2) is 7.10. The van der Waals surface area contributed by atoms with Crippen LogP contribution in [0.4, 0.5) is 0 Å². The first-order valence-electron chi connectivity index (χ1n) is 8.20. The van der Waals surface area contributed by atoms with Crippen LogP contribution in [0, 0.1) is 5.92 Å². The Hall–Kier alpha value is -1.92. The third-order valence-corrected chi connectivity index (χ3v) is 4.44. The molecule has 1 amide bonds. The van der Waals surface area contributed by atoms with E-state index in [0.29, 0.717) is 24.2 Å². The molecule has 1 aliphatic rings. The smallest absolute Gasteiger partial charge is 0.272 e. The second-order valence-corrected chi connectivity index (χ2v) is 6.29. The van der Waals surface area contributed by atoms with E-state index >= 15 is 0 Å². The summed E-state index contributed by atoms with van der Waals surface area (Å²) in [6.07, 6.45) is 0. The number of aromatic nitrogens is 2. The van der Waals surface area contributed by atoms with Gasteiger partial charge in [-0.2, -0.15) is 5.10 Å². The molecule has 3 rings (SSSR count). The normalized spacial score (nSPS) is 17.5. The molecule has 2 aromatic rings. The SMILES string of the molecule is CC(C)C(CNC(=O)c1n[nH]c2ccccc12)N1CCOCC1. The standard InChI is InChI=1S/C17H24N4O2/c1-12(2)15(21-7-9-23-10-8-21)11-18-17(22)16-13-5-3-4-6-14(13)19-20-16/h3-6,12,15H,7-11H2,1-2H3,(H,18,22)(H,19,20). The molecule has 1 aromatic heterocycles. The first-order chi connectivity index (χ1) is 11.2. The van der Waals surface area contributed by atoms with Gasteiger partial charge in [-0.15, -0.1) is 0 Å². The maximum absolute atomic E-state index is 12.5. The van der Waals surface area contributed by atoms with Gasteiger partial charge in [-0.25, -0.2) is 0 Å². The van der Waals surface area contributed by atoms with Crippen LogP contribution in [0.3, 0.4) is 0 Å². The van der Waals surface area contributed by atoms with E-state index in [9.17, 15) is 4.79 Å². The average Bonchev–Trinajstić information content (AvgIpc) is 2.99. The first-order valence-corrected chi connectivity index (χ1v) is 8.20. The maximum atomic E-state index is 12.5. The van der Waals surface area contributed by atoms with E-state index in [1.807, 2.05) is 24.3 Å². The number of carbonyl (C=O) groups excluding carboxylic acids is 1. The molecule has 6 nitrogen and oxygen atoms in total. The van der Waals surface area contributed by atoms with Crippen LogP contribution >= 0.6 is 0 Å². The minimum absolute atomic E-state index is 0.124. The molecule has 0 aliphatic carbocycles. The van der Waals surface area contributed by atoms with Gasteiger partial charge in [0, 0.05) is 31.1 Å². The van der Waals surface area contributed by atoms with Crippen LogP contribution in [-0.2, 0) is 4.74 Å². The molecule has 1 unspecified atom stereocenters. The number of para-hydroxylation sites is 1. The number of H-pyrrole nitrogens is 1. The maximum Gasteiger partial charge on any atom is 0.272 e. The molecular weight excluding hydrogens is 292 g/mol. The molecule has 0 spiro atoms. The largest absolute Gasteiger partial charge is 0.379 e. The van der Waals surface area contributed by atoms with E-state index in [0.717, 1.165) is 37.2 Å². The number of ether oxygens (including phenoxy) is 1. The predicted molar refractivity (Wildman–Crippen MR) is 89.4 cm³/mol. The van der Waals surface area contributed by atoms with Gasteiger partial charge in [0.05, 0.1) is 18.7 Å². The van der Waals surface area contributed by atoms with E-state index in [1.165, 1.54) is 0 Å². The number of fused-ring (bicyclic) bond motifs is 1. The summed E-state index contributed by atoms with van der Waals surface area (Å²) in [5.74, 6) is 0.339. The van der Waals surface area contributed by atoms with Crippen molar-refractivity contribution in [3.05, 3.63) is 30.0 Å². The summed E-state index contributed by atoms with van der Waals surface area (Å²) < 4.78 is 5.42. The summed E-state index contributed by atoms with van der Waals surface area (Å²) in [7, 11) is 0. The number of hydrogen-bond donors (Lipinski definition) is 2. The lowest BCUT2D eigenvalue weighted by Crippen LogP contribution is -2.51. The van der Waals surface area contributed by atoms with Gasteiger partial charge in [-0.05, 0) is 12.0 Å². The number of nitrogens with one attached hydrogen (secondary N) is 2. The Balaban J connectivity index is 1.66. The summed E-state index contributed by atoms with van der Waals surface area (Å²) >= 11 is 0. The van der Waals surface area contributed by atoms with Crippen molar-refractivity contribution in [2.45, 2.75) is 19.9 Å². The second-order valence-electron chi connectivity index (χ2n) is 6.29. The Morgan fingerprint density at radius 3 is 2.83 bits per heavy atom. The minimum Gasteiger partial charge on any atom is -0.379 e. The summed E-state index contributed by atoms with van der Waals surface area (Å²) in [5, 5.41) is 11.0. The zero-order valence-corrected chi connectivity index (χ0v) is 13.7. The van der Waals surface area contributed by atoms with Gasteiger partial charge >= 0.3 is 0 Å². The van der Waals surface area contributed by atoms with Crippen molar-refractivity contribution >= 4 is 16.8 Å². The molecule has 23 heavy (non-hydrogen) atoms. The molecule has 1 atom stereocenters. The Morgan fingerprint density at radius 1 is 1.35 bits per heavy atom. The number of carbonyl (C=O) groups is 1. The summed E-state index contributed by atoms with van der Waals surface area (Å²) in [4.78, 5) is 14.9. The van der Waals surface area contributed by atoms with Crippen molar-refractivity contribution in [1.29, 1.82) is 0 Å². The number of benzene rings is 1. The van der Waals surface area contributed by atoms with E-state index in [-0.39, 0.29) is 5.91 Å². The van der Waals surface area contributed by atoms with Crippen LogP contribution in [-0.4, -0.2) is 59.9 Å². The van der Waals surface area contributed by atoms with Crippen LogP contribution < -0.4 is 5.32 Å². The topological polar surface area (TPSA) is 70.2 Å². The zero-order valence-electron chi connectivity index (χ0n) is 13.7. The Kier molecular flexibility index (Phi) is 4.93. The fourth-order valence-electron chi connectivity index (χ4n) is 3.11. The summed E-state index contributed by atoms with van der Waals surface area (Å²) in [6.45, 7) is 8.38. The average molecular weight is 316 g/mol. The quantitative estimate of drug-likeness (QED) is 0.880. The monoisotopic (exact) mass is 316 g/mol. The molecule has 124 valence electrons. The molecule has 1 saturated heterocycles. The third kappa shape index (κ3) is 3.54. The lowest BCUT2D eigenvalue weighted by atomic mass is 10.0. The van der Waals surface area contributed by atoms with Gasteiger partial charge in [-0.3, -0.25) is 14.8 Å². The molecule has 0 radical (unpaired) electrons. The molecular formula is C17H24N4O2. The summed E-state index contributed by atoms with van der Waals surface area (Å²) in [5.41, 5.74) is 1.34. The van der Waals surface area contributed by atoms with Crippen LogP contribution in [0.5, 0.6) is 0 Å². The molecule has 0 bridgehead atoms. The molecule has 1 aromatic carbocycles. The van der Waals surface area contributed by atoms with E-state index in [2.05, 4.69) is 34.3 Å². The van der Waals surface area contributed by atoms with Gasteiger partial charge in [0.2, 0.25) is 0 Å². The lowest BCUT2D eigenvalue weighted by Gasteiger charge is -2.36. The van der Waals surface area contributed by atoms with Crippen LogP contribution in [0.2, 0.25) is 0 Å². The molecule has 1 aliphatic heterocycles. The summed E-state index contributed by atoms with van der Waals surface area (Å²) in [6, 6.07) is 7.99. The van der Waals surface area contributed by atoms with Gasteiger partial charge in [-0.1, -0.05) is 32.0 Å². The van der Waals surface area contributed by atoms with E-state index in [1.54, 1.807) is 0 Å². The van der Waals surface area contributed by atoms with E-state index < -0.39 is 0 Å². The Labute approximate surface area is 136 Å². The molecule has 1 fully saturated rings. The lowest BCUT2D eigenvalue weighted by molar-refractivity contribution is 0.00672. The fourth-order valence-corrected chi connectivity index (χ4v) is 3.11. The van der Waals surface area contributed by atoms with Crippen LogP contribution in [0.1, 0.15) is 24.3 Å². The van der Waals surface area contributed by atoms with Gasteiger partial charge < -0.3 is 10.1 Å². The Morgan fingerprint density at radius 2 is 2.09 bits per heavy atom. The number of amides is 1. The number of nitrogens with zero attached hydrogens (tertiary/aromatic N) is 2. The van der Waals surface area contributed by atoms with Crippen LogP contribution in [0.15, 0.2) is 24.3 Å². The Bertz CT molecular complexity index is 661. The number of rotatable bonds is 5. The van der Waals surface area contributed by atoms with Gasteiger partial charge in [0.1, 0.15) is 0 Å². The van der Waals surface area contributed by atoms with Crippen molar-refractivity contribution < 1.29 is 9.53 Å². The predicted octanol–water partition coefficient (Wildman–Crippen LogP) is 1.65. The number of hydrogen-bond acceptors (Lipinski definition) is 4. The highest BCUT2D eigenvalue weighted by Gasteiger charge is 2.25. The molecule has 2 heterocycles. The number of morpholine rings is 1. The van der Waals surface area contributed by atoms with Gasteiger partial charge in [0.25, 0.3) is 5.91 Å². The van der Waals surface area contributed by atoms with Crippen molar-refractivity contribution in [1.82, 2.24) is 20.4 Å². The van der Waals surface area contributed by atoms with Crippen molar-refractivity contribution in [2.75, 3.05) is 32.8 Å². The minimum atomic E-state index is -0.124. The molecule has 6 heteroatoms. The highest BCUT2D eigenvalue weighted by molar-refractivity contribution is 6.04. The van der Waals surface area contributed by atoms with Crippen LogP contribution in [0.25, 0.3) is 10.9 Å². The third-order valence-electron chi connectivity index (χ3n) is 4.44. The van der Waals surface area contributed by atoms with Crippen molar-refractivity contribution in [3.8, 4) is 0 Å². The van der Waals surface area contributed by atoms with Crippen molar-refractivity contribution in [2.24, 2.45) is 5.92 Å². The molecule has 2 N–H and O–H groups in total. The molecule has 0 saturated carbocycles. The van der Waals surface area contributed by atoms with Gasteiger partial charge in [0.15, 0.2) is 5.69 Å². The zero-order chi connectivity index (χ0) is 16.2. The highest BCUT2D eigenvalue weighted by Crippen LogP contribution is 2.16. The fraction of sp³-hybridized carbons (Fsp3) is 0.529.